The summed E-state index contributed by atoms with van der Waals surface area (Å²) in [5.74, 6) is -2.32. The summed E-state index contributed by atoms with van der Waals surface area (Å²) in [6.07, 6.45) is -1.21. The minimum atomic E-state index is -1.24. The van der Waals surface area contributed by atoms with E-state index in [0.717, 1.165) is 5.56 Å². The Morgan fingerprint density at radius 1 is 1.16 bits per heavy atom. The van der Waals surface area contributed by atoms with Crippen LogP contribution in [0.5, 0.6) is 0 Å². The van der Waals surface area contributed by atoms with Crippen molar-refractivity contribution < 1.29 is 38.6 Å². The summed E-state index contributed by atoms with van der Waals surface area (Å²) in [7, 11) is 5.62. The summed E-state index contributed by atoms with van der Waals surface area (Å²) < 4.78 is 10.2. The van der Waals surface area contributed by atoms with Crippen LogP contribution in [0.3, 0.4) is 0 Å². The highest BCUT2D eigenvalue weighted by atomic mass is 16.5. The van der Waals surface area contributed by atoms with Crippen molar-refractivity contribution in [1.82, 2.24) is 0 Å². The van der Waals surface area contributed by atoms with Crippen molar-refractivity contribution in [2.24, 2.45) is 11.5 Å². The average molecular weight is 442 g/mol. The van der Waals surface area contributed by atoms with E-state index < -0.39 is 36.2 Å². The lowest BCUT2D eigenvalue weighted by Gasteiger charge is -2.29. The highest BCUT2D eigenvalue weighted by Gasteiger charge is 2.21. The van der Waals surface area contributed by atoms with Crippen LogP contribution in [0.4, 0.5) is 0 Å². The lowest BCUT2D eigenvalue weighted by atomic mass is 10.1. The first-order valence-electron chi connectivity index (χ1n) is 9.88. The Morgan fingerprint density at radius 2 is 1.74 bits per heavy atom. The van der Waals surface area contributed by atoms with Crippen LogP contribution >= 0.6 is 0 Å². The van der Waals surface area contributed by atoms with Gasteiger partial charge in [0, 0.05) is 12.4 Å². The number of benzene rings is 1. The van der Waals surface area contributed by atoms with Gasteiger partial charge in [-0.2, -0.15) is 0 Å². The van der Waals surface area contributed by atoms with Gasteiger partial charge in [0.05, 0.1) is 33.8 Å². The number of rotatable bonds is 11. The molecule has 0 aliphatic rings. The zero-order chi connectivity index (χ0) is 24.0. The monoisotopic (exact) mass is 441 g/mol. The van der Waals surface area contributed by atoms with Crippen molar-refractivity contribution >= 4 is 17.9 Å². The summed E-state index contributed by atoms with van der Waals surface area (Å²) in [5.41, 5.74) is 11.7. The lowest BCUT2D eigenvalue weighted by molar-refractivity contribution is -0.873. The fourth-order valence-electron chi connectivity index (χ4n) is 2.44. The van der Waals surface area contributed by atoms with E-state index in [4.69, 9.17) is 26.0 Å². The summed E-state index contributed by atoms with van der Waals surface area (Å²) >= 11 is 0. The Bertz CT molecular complexity index is 675. The van der Waals surface area contributed by atoms with Gasteiger partial charge in [0.15, 0.2) is 6.10 Å². The Morgan fingerprint density at radius 3 is 2.19 bits per heavy atom. The van der Waals surface area contributed by atoms with Crippen LogP contribution in [-0.4, -0.2) is 86.6 Å². The number of carbonyl (C=O) groups is 3. The molecule has 2 unspecified atom stereocenters. The van der Waals surface area contributed by atoms with E-state index in [-0.39, 0.29) is 19.6 Å². The predicted molar refractivity (Wildman–Crippen MR) is 112 cm³/mol. The molecule has 31 heavy (non-hydrogen) atoms. The summed E-state index contributed by atoms with van der Waals surface area (Å²) in [6, 6.07) is 8.82. The largest absolute Gasteiger partial charge is 0.550 e. The Kier molecular flexibility index (Phi) is 13.3. The minimum Gasteiger partial charge on any atom is -0.550 e. The molecule has 1 aromatic rings. The first-order chi connectivity index (χ1) is 14.3. The molecule has 0 aliphatic heterocycles. The minimum absolute atomic E-state index is 0.0126. The molecule has 0 heterocycles. The van der Waals surface area contributed by atoms with Gasteiger partial charge in [0.1, 0.15) is 19.2 Å². The molecule has 3 atom stereocenters. The Hall–Kier alpha value is -2.53. The lowest BCUT2D eigenvalue weighted by Crippen LogP contribution is -2.45. The zero-order valence-corrected chi connectivity index (χ0v) is 18.7. The van der Waals surface area contributed by atoms with Gasteiger partial charge in [-0.1, -0.05) is 30.3 Å². The molecule has 0 amide bonds. The van der Waals surface area contributed by atoms with E-state index in [2.05, 4.69) is 0 Å². The molecular weight excluding hydrogens is 406 g/mol. The molecule has 0 saturated heterocycles. The number of aliphatic carboxylic acids is 1. The topological polar surface area (TPSA) is 165 Å². The fraction of sp³-hybridized carbons (Fsp3) is 0.571. The number of nitrogens with zero attached hydrogens (tertiary/aromatic N) is 1. The number of quaternary nitrogens is 1. The maximum absolute atomic E-state index is 11.4. The third kappa shape index (κ3) is 15.9. The van der Waals surface area contributed by atoms with E-state index in [1.165, 1.54) is 0 Å². The molecule has 0 radical (unpaired) electrons. The highest BCUT2D eigenvalue weighted by Crippen LogP contribution is 2.04. The first-order valence-corrected chi connectivity index (χ1v) is 9.88. The van der Waals surface area contributed by atoms with Gasteiger partial charge in [-0.05, 0) is 18.9 Å². The van der Waals surface area contributed by atoms with E-state index >= 15 is 0 Å². The van der Waals surface area contributed by atoms with Crippen LogP contribution in [0.25, 0.3) is 0 Å². The number of aliphatic hydroxyl groups is 1. The van der Waals surface area contributed by atoms with Crippen LogP contribution in [0.1, 0.15) is 18.9 Å². The Balaban J connectivity index is 0.000000582. The van der Waals surface area contributed by atoms with Gasteiger partial charge in [-0.25, -0.2) is 0 Å². The van der Waals surface area contributed by atoms with Crippen molar-refractivity contribution in [3.63, 3.8) is 0 Å². The molecular formula is C21H35N3O7. The number of carbonyl (C=O) groups excluding carboxylic acids is 3. The van der Waals surface area contributed by atoms with Crippen molar-refractivity contribution in [2.75, 3.05) is 40.8 Å². The number of carboxylic acids is 1. The van der Waals surface area contributed by atoms with Gasteiger partial charge in [0.2, 0.25) is 0 Å². The van der Waals surface area contributed by atoms with Crippen molar-refractivity contribution in [3.05, 3.63) is 35.9 Å². The Labute approximate surface area is 183 Å². The maximum Gasteiger partial charge on any atom is 0.323 e. The van der Waals surface area contributed by atoms with Crippen molar-refractivity contribution in [3.8, 4) is 0 Å². The van der Waals surface area contributed by atoms with Crippen molar-refractivity contribution in [2.45, 2.75) is 38.0 Å². The molecule has 0 saturated carbocycles. The molecule has 0 bridgehead atoms. The average Bonchev–Trinajstić information content (AvgIpc) is 2.65. The second kappa shape index (κ2) is 14.5. The van der Waals surface area contributed by atoms with Gasteiger partial charge in [-0.3, -0.25) is 9.59 Å². The summed E-state index contributed by atoms with van der Waals surface area (Å²) in [6.45, 7) is 1.69. The van der Waals surface area contributed by atoms with Crippen LogP contribution in [0.2, 0.25) is 0 Å². The number of esters is 2. The fourth-order valence-corrected chi connectivity index (χ4v) is 2.44. The number of nitrogens with two attached hydrogens (primary N) is 2. The van der Waals surface area contributed by atoms with Gasteiger partial charge in [-0.15, -0.1) is 0 Å². The summed E-state index contributed by atoms with van der Waals surface area (Å²) in [5, 5.41) is 19.4. The molecule has 0 aromatic heterocycles. The van der Waals surface area contributed by atoms with Crippen LogP contribution in [0, 0.1) is 0 Å². The van der Waals surface area contributed by atoms with Gasteiger partial charge < -0.3 is 40.4 Å². The molecule has 0 aliphatic carbocycles. The molecule has 5 N–H and O–H groups in total. The molecule has 10 nitrogen and oxygen atoms in total. The smallest absolute Gasteiger partial charge is 0.323 e. The van der Waals surface area contributed by atoms with Crippen LogP contribution < -0.4 is 16.6 Å². The SMILES string of the molecule is CC(O)COC(=O)[C@@H](N)Cc1ccccc1.C[N+](C)(C)CC(CC(=O)[O-])OC(=O)CN. The second-order valence-corrected chi connectivity index (χ2v) is 8.14. The van der Waals surface area contributed by atoms with Crippen LogP contribution in [-0.2, 0) is 30.3 Å². The van der Waals surface area contributed by atoms with E-state index in [0.29, 0.717) is 17.4 Å². The number of carboxylic acid groups (broad SMARTS) is 1. The number of aliphatic hydroxyl groups excluding tert-OH is 1. The molecule has 0 spiro atoms. The maximum atomic E-state index is 11.4. The van der Waals surface area contributed by atoms with Crippen molar-refractivity contribution in [1.29, 1.82) is 0 Å². The van der Waals surface area contributed by atoms with E-state index in [9.17, 15) is 19.5 Å². The highest BCUT2D eigenvalue weighted by molar-refractivity contribution is 5.75. The molecule has 1 aromatic carbocycles. The predicted octanol–water partition coefficient (Wildman–Crippen LogP) is -1.82. The zero-order valence-electron chi connectivity index (χ0n) is 18.7. The third-order valence-electron chi connectivity index (χ3n) is 3.68. The standard InChI is InChI=1S/C12H17NO3.C9H18N2O4/c1-9(14)8-16-12(15)11(13)7-10-5-3-2-4-6-10;1-11(2,3)6-7(4-8(12)13)15-9(14)5-10/h2-6,9,11,14H,7-8,13H2,1H3;7H,4-6,10H2,1-3H3/t9?,11-;/m0./s1. The van der Waals surface area contributed by atoms with Crippen LogP contribution in [0.15, 0.2) is 30.3 Å². The van der Waals surface area contributed by atoms with Gasteiger partial charge >= 0.3 is 11.9 Å². The number of ether oxygens (including phenoxy) is 2. The van der Waals surface area contributed by atoms with E-state index in [1.54, 1.807) is 6.92 Å². The van der Waals surface area contributed by atoms with Gasteiger partial charge in [0.25, 0.3) is 0 Å². The quantitative estimate of drug-likeness (QED) is 0.265. The molecule has 10 heteroatoms. The number of hydrogen-bond donors (Lipinski definition) is 3. The molecule has 1 rings (SSSR count). The molecule has 176 valence electrons. The summed E-state index contributed by atoms with van der Waals surface area (Å²) in [4.78, 5) is 32.7. The molecule has 0 fully saturated rings. The second-order valence-electron chi connectivity index (χ2n) is 8.14. The normalized spacial score (nSPS) is 13.8. The number of likely N-dealkylation sites (N-methyl/N-ethyl adjacent to an activating group) is 1. The third-order valence-corrected chi connectivity index (χ3v) is 3.68. The number of hydrogen-bond acceptors (Lipinski definition) is 9. The van der Waals surface area contributed by atoms with E-state index in [1.807, 2.05) is 51.5 Å². The first kappa shape index (κ1) is 28.5.